The molecule has 24 heavy (non-hydrogen) atoms. The average Bonchev–Trinajstić information content (AvgIpc) is 3.16. The molecular weight excluding hydrogens is 341 g/mol. The van der Waals surface area contributed by atoms with E-state index in [1.807, 2.05) is 6.92 Å². The van der Waals surface area contributed by atoms with Crippen molar-refractivity contribution in [3.63, 3.8) is 0 Å². The zero-order valence-electron chi connectivity index (χ0n) is 12.3. The molecule has 3 rings (SSSR count). The fourth-order valence-electron chi connectivity index (χ4n) is 2.00. The second-order valence-electron chi connectivity index (χ2n) is 4.94. The molecule has 2 aromatic heterocycles. The number of amides is 1. The van der Waals surface area contributed by atoms with Crippen LogP contribution in [0.1, 0.15) is 20.9 Å². The molecule has 1 aromatic carbocycles. The Morgan fingerprint density at radius 3 is 2.75 bits per heavy atom. The number of imidazole rings is 1. The van der Waals surface area contributed by atoms with Crippen molar-refractivity contribution in [3.05, 3.63) is 59.1 Å². The summed E-state index contributed by atoms with van der Waals surface area (Å²) in [6.45, 7) is 1.86. The van der Waals surface area contributed by atoms with E-state index in [2.05, 4.69) is 15.3 Å². The molecule has 0 atom stereocenters. The number of anilines is 1. The molecule has 0 fully saturated rings. The monoisotopic (exact) mass is 352 g/mol. The minimum absolute atomic E-state index is 0.0836. The maximum Gasteiger partial charge on any atom is 0.416 e. The van der Waals surface area contributed by atoms with Crippen LogP contribution in [0.4, 0.5) is 18.3 Å². The first-order valence-electron chi connectivity index (χ1n) is 6.78. The summed E-state index contributed by atoms with van der Waals surface area (Å²) in [5.41, 5.74) is -0.417. The highest BCUT2D eigenvalue weighted by atomic mass is 32.1. The summed E-state index contributed by atoms with van der Waals surface area (Å²) in [5, 5.41) is 3.03. The number of hydrogen-bond donors (Lipinski definition) is 1. The van der Waals surface area contributed by atoms with E-state index in [1.165, 1.54) is 40.6 Å². The highest BCUT2D eigenvalue weighted by Crippen LogP contribution is 2.30. The van der Waals surface area contributed by atoms with Crippen molar-refractivity contribution in [2.75, 3.05) is 5.32 Å². The van der Waals surface area contributed by atoms with E-state index in [1.54, 1.807) is 6.20 Å². The maximum absolute atomic E-state index is 12.8. The molecule has 0 aliphatic rings. The van der Waals surface area contributed by atoms with E-state index in [4.69, 9.17) is 0 Å². The van der Waals surface area contributed by atoms with Crippen LogP contribution in [0, 0.1) is 6.92 Å². The minimum Gasteiger partial charge on any atom is -0.305 e. The van der Waals surface area contributed by atoms with E-state index >= 15 is 0 Å². The van der Waals surface area contributed by atoms with E-state index in [0.29, 0.717) is 5.13 Å². The van der Waals surface area contributed by atoms with Gasteiger partial charge in [-0.25, -0.2) is 9.97 Å². The Morgan fingerprint density at radius 2 is 2.08 bits per heavy atom. The smallest absolute Gasteiger partial charge is 0.305 e. The summed E-state index contributed by atoms with van der Waals surface area (Å²) in [4.78, 5) is 21.0. The molecule has 0 aliphatic carbocycles. The number of alkyl halides is 3. The van der Waals surface area contributed by atoms with Gasteiger partial charge in [-0.1, -0.05) is 6.07 Å². The number of carbonyl (C=O) groups excluding carboxylic acids is 1. The van der Waals surface area contributed by atoms with Gasteiger partial charge in [-0.05, 0) is 25.1 Å². The predicted molar refractivity (Wildman–Crippen MR) is 83.4 cm³/mol. The van der Waals surface area contributed by atoms with Crippen molar-refractivity contribution in [1.82, 2.24) is 14.5 Å². The molecule has 0 spiro atoms. The van der Waals surface area contributed by atoms with Gasteiger partial charge in [0.25, 0.3) is 5.91 Å². The number of thiazole rings is 1. The molecule has 9 heteroatoms. The van der Waals surface area contributed by atoms with Gasteiger partial charge >= 0.3 is 6.18 Å². The number of nitrogens with zero attached hydrogens (tertiary/aromatic N) is 3. The lowest BCUT2D eigenvalue weighted by Crippen LogP contribution is -2.12. The lowest BCUT2D eigenvalue weighted by atomic mass is 10.2. The molecular formula is C15H11F3N4OS. The van der Waals surface area contributed by atoms with Crippen molar-refractivity contribution in [2.24, 2.45) is 0 Å². The van der Waals surface area contributed by atoms with Crippen LogP contribution >= 0.6 is 11.3 Å². The Labute approximate surface area is 138 Å². The third-order valence-electron chi connectivity index (χ3n) is 3.13. The van der Waals surface area contributed by atoms with Gasteiger partial charge in [0.15, 0.2) is 5.13 Å². The number of benzene rings is 1. The van der Waals surface area contributed by atoms with Crippen molar-refractivity contribution in [1.29, 1.82) is 0 Å². The molecule has 0 saturated carbocycles. The highest BCUT2D eigenvalue weighted by molar-refractivity contribution is 7.15. The number of aryl methyl sites for hydroxylation is 1. The first kappa shape index (κ1) is 16.2. The first-order valence-corrected chi connectivity index (χ1v) is 7.60. The number of aromatic nitrogens is 3. The normalized spacial score (nSPS) is 11.5. The maximum atomic E-state index is 12.8. The van der Waals surface area contributed by atoms with Gasteiger partial charge in [0.05, 0.1) is 5.56 Å². The number of halogens is 3. The van der Waals surface area contributed by atoms with Gasteiger partial charge in [-0.2, -0.15) is 13.2 Å². The Balaban J connectivity index is 1.81. The lowest BCUT2D eigenvalue weighted by Gasteiger charge is -2.08. The summed E-state index contributed by atoms with van der Waals surface area (Å²) in [6, 6.07) is 4.78. The summed E-state index contributed by atoms with van der Waals surface area (Å²) < 4.78 is 39.7. The SMILES string of the molecule is Cc1cnc(NC(=O)c2cn(-c3cccc(C(F)(F)F)c3)cn2)s1. The van der Waals surface area contributed by atoms with E-state index < -0.39 is 17.6 Å². The molecule has 124 valence electrons. The molecule has 0 aliphatic heterocycles. The topological polar surface area (TPSA) is 59.8 Å². The van der Waals surface area contributed by atoms with E-state index in [9.17, 15) is 18.0 Å². The molecule has 5 nitrogen and oxygen atoms in total. The summed E-state index contributed by atoms with van der Waals surface area (Å²) in [6.07, 6.45) is -0.149. The number of carbonyl (C=O) groups is 1. The first-order chi connectivity index (χ1) is 11.3. The molecule has 1 N–H and O–H groups in total. The van der Waals surface area contributed by atoms with Gasteiger partial charge in [-0.3, -0.25) is 10.1 Å². The number of hydrogen-bond acceptors (Lipinski definition) is 4. The van der Waals surface area contributed by atoms with Crippen LogP contribution in [0.25, 0.3) is 5.69 Å². The Bertz CT molecular complexity index is 885. The summed E-state index contributed by atoms with van der Waals surface area (Å²) >= 11 is 1.32. The van der Waals surface area contributed by atoms with Crippen LogP contribution in [-0.4, -0.2) is 20.4 Å². The molecule has 2 heterocycles. The van der Waals surface area contributed by atoms with Gasteiger partial charge in [0.2, 0.25) is 0 Å². The summed E-state index contributed by atoms with van der Waals surface area (Å²) in [7, 11) is 0. The van der Waals surface area contributed by atoms with Crippen molar-refractivity contribution >= 4 is 22.4 Å². The average molecular weight is 352 g/mol. The van der Waals surface area contributed by atoms with Gasteiger partial charge in [0, 0.05) is 23.0 Å². The quantitative estimate of drug-likeness (QED) is 0.777. The van der Waals surface area contributed by atoms with Crippen molar-refractivity contribution < 1.29 is 18.0 Å². The standard InChI is InChI=1S/C15H11F3N4OS/c1-9-6-19-14(24-9)21-13(23)12-7-22(8-20-12)11-4-2-3-10(5-11)15(16,17)18/h2-8H,1H3,(H,19,21,23). The van der Waals surface area contributed by atoms with Crippen molar-refractivity contribution in [2.45, 2.75) is 13.1 Å². The highest BCUT2D eigenvalue weighted by Gasteiger charge is 2.30. The third-order valence-corrected chi connectivity index (χ3v) is 3.96. The van der Waals surface area contributed by atoms with E-state index in [-0.39, 0.29) is 11.4 Å². The van der Waals surface area contributed by atoms with Crippen LogP contribution < -0.4 is 5.32 Å². The Morgan fingerprint density at radius 1 is 1.29 bits per heavy atom. The second kappa shape index (κ2) is 6.08. The molecule has 1 amide bonds. The molecule has 0 unspecified atom stereocenters. The van der Waals surface area contributed by atoms with Crippen LogP contribution in [0.15, 0.2) is 43.0 Å². The van der Waals surface area contributed by atoms with Gasteiger partial charge in [0.1, 0.15) is 12.0 Å². The van der Waals surface area contributed by atoms with Crippen molar-refractivity contribution in [3.8, 4) is 5.69 Å². The Kier molecular flexibility index (Phi) is 4.10. The van der Waals surface area contributed by atoms with E-state index in [0.717, 1.165) is 17.0 Å². The van der Waals surface area contributed by atoms with Gasteiger partial charge in [-0.15, -0.1) is 11.3 Å². The van der Waals surface area contributed by atoms with Crippen LogP contribution in [0.5, 0.6) is 0 Å². The minimum atomic E-state index is -4.43. The predicted octanol–water partition coefficient (Wildman–Crippen LogP) is 3.91. The fourth-order valence-corrected chi connectivity index (χ4v) is 2.66. The zero-order chi connectivity index (χ0) is 17.3. The fraction of sp³-hybridized carbons (Fsp3) is 0.133. The van der Waals surface area contributed by atoms with Crippen LogP contribution in [0.2, 0.25) is 0 Å². The second-order valence-corrected chi connectivity index (χ2v) is 6.18. The zero-order valence-corrected chi connectivity index (χ0v) is 13.1. The van der Waals surface area contributed by atoms with Crippen LogP contribution in [-0.2, 0) is 6.18 Å². The molecule has 0 radical (unpaired) electrons. The number of rotatable bonds is 3. The molecule has 3 aromatic rings. The number of nitrogens with one attached hydrogen (secondary N) is 1. The molecule has 0 bridgehead atoms. The summed E-state index contributed by atoms with van der Waals surface area (Å²) in [5.74, 6) is -0.477. The van der Waals surface area contributed by atoms with Crippen LogP contribution in [0.3, 0.4) is 0 Å². The largest absolute Gasteiger partial charge is 0.416 e. The van der Waals surface area contributed by atoms with Gasteiger partial charge < -0.3 is 4.57 Å². The molecule has 0 saturated heterocycles. The third kappa shape index (κ3) is 3.46. The Hall–Kier alpha value is -2.68. The lowest BCUT2D eigenvalue weighted by molar-refractivity contribution is -0.137.